The second-order valence-electron chi connectivity index (χ2n) is 5.28. The van der Waals surface area contributed by atoms with E-state index in [9.17, 15) is 13.2 Å². The first-order valence-corrected chi connectivity index (χ1v) is 10.7. The molecule has 3 rings (SSSR count). The maximum Gasteiger partial charge on any atom is 0.293 e. The summed E-state index contributed by atoms with van der Waals surface area (Å²) in [5.74, 6) is -0.700. The topological polar surface area (TPSA) is 102 Å². The van der Waals surface area contributed by atoms with Crippen LogP contribution in [0.3, 0.4) is 0 Å². The highest BCUT2D eigenvalue weighted by atomic mass is 79.9. The van der Waals surface area contributed by atoms with Gasteiger partial charge in [0.25, 0.3) is 5.91 Å². The summed E-state index contributed by atoms with van der Waals surface area (Å²) >= 11 is 4.53. The number of rotatable bonds is 6. The van der Waals surface area contributed by atoms with E-state index in [4.69, 9.17) is 4.42 Å². The Morgan fingerprint density at radius 3 is 2.62 bits per heavy atom. The highest BCUT2D eigenvalue weighted by Gasteiger charge is 2.24. The van der Waals surface area contributed by atoms with Crippen molar-refractivity contribution in [2.24, 2.45) is 0 Å². The summed E-state index contributed by atoms with van der Waals surface area (Å²) in [4.78, 5) is 12.3. The predicted molar refractivity (Wildman–Crippen MR) is 100 cm³/mol. The average Bonchev–Trinajstić information content (AvgIpc) is 3.25. The number of sulfone groups is 1. The van der Waals surface area contributed by atoms with Crippen LogP contribution in [0.4, 0.5) is 5.13 Å². The van der Waals surface area contributed by atoms with Crippen molar-refractivity contribution in [3.63, 3.8) is 0 Å². The number of hydrogen-bond donors (Lipinski definition) is 1. The Kier molecular flexibility index (Phi) is 5.54. The molecular weight excluding hydrogens is 442 g/mol. The van der Waals surface area contributed by atoms with E-state index in [0.29, 0.717) is 5.13 Å². The monoisotopic (exact) mass is 455 g/mol. The second-order valence-corrected chi connectivity index (χ2v) is 9.14. The molecule has 10 heteroatoms. The Bertz CT molecular complexity index is 1030. The zero-order valence-corrected chi connectivity index (χ0v) is 16.8. The van der Waals surface area contributed by atoms with Crippen molar-refractivity contribution in [3.05, 3.63) is 51.6 Å². The van der Waals surface area contributed by atoms with Gasteiger partial charge in [-0.25, -0.2) is 8.42 Å². The fraction of sp³-hybridized carbons (Fsp3) is 0.188. The lowest BCUT2D eigenvalue weighted by Gasteiger charge is -2.01. The fourth-order valence-corrected chi connectivity index (χ4v) is 4.37. The standard InChI is InChI=1S/C16H14BrN3O4S2/c1-2-3-13-19-20-16(25-13)18-15(21)12-8-9-14(24-12)26(22,23)11-6-4-10(17)5-7-11/h4-9H,2-3H2,1H3,(H,18,20,21). The molecular formula is C16H14BrN3O4S2. The third-order valence-electron chi connectivity index (χ3n) is 3.35. The van der Waals surface area contributed by atoms with Crippen LogP contribution in [0.2, 0.25) is 0 Å². The average molecular weight is 456 g/mol. The fourth-order valence-electron chi connectivity index (χ4n) is 2.09. The molecule has 26 heavy (non-hydrogen) atoms. The van der Waals surface area contributed by atoms with Gasteiger partial charge in [-0.1, -0.05) is 34.2 Å². The molecule has 0 spiro atoms. The van der Waals surface area contributed by atoms with Gasteiger partial charge in [0.05, 0.1) is 4.90 Å². The van der Waals surface area contributed by atoms with E-state index in [2.05, 4.69) is 31.4 Å². The van der Waals surface area contributed by atoms with Crippen LogP contribution in [0.1, 0.15) is 28.9 Å². The maximum absolute atomic E-state index is 12.6. The van der Waals surface area contributed by atoms with Crippen LogP contribution in [0.15, 0.2) is 55.3 Å². The minimum atomic E-state index is -3.84. The van der Waals surface area contributed by atoms with Crippen molar-refractivity contribution in [3.8, 4) is 0 Å². The molecule has 2 aromatic heterocycles. The van der Waals surface area contributed by atoms with Crippen molar-refractivity contribution in [2.45, 2.75) is 29.8 Å². The molecule has 0 aliphatic carbocycles. The van der Waals surface area contributed by atoms with Gasteiger partial charge in [0.2, 0.25) is 20.1 Å². The number of nitrogens with one attached hydrogen (secondary N) is 1. The molecule has 0 unspecified atom stereocenters. The smallest absolute Gasteiger partial charge is 0.293 e. The van der Waals surface area contributed by atoms with E-state index >= 15 is 0 Å². The second kappa shape index (κ2) is 7.68. The van der Waals surface area contributed by atoms with Gasteiger partial charge < -0.3 is 4.42 Å². The molecule has 0 saturated carbocycles. The van der Waals surface area contributed by atoms with Gasteiger partial charge in [-0.15, -0.1) is 10.2 Å². The zero-order valence-electron chi connectivity index (χ0n) is 13.6. The molecule has 7 nitrogen and oxygen atoms in total. The van der Waals surface area contributed by atoms with E-state index in [1.54, 1.807) is 12.1 Å². The number of amides is 1. The molecule has 0 saturated heterocycles. The third-order valence-corrected chi connectivity index (χ3v) is 6.41. The molecule has 0 atom stereocenters. The molecule has 0 bridgehead atoms. The van der Waals surface area contributed by atoms with E-state index in [1.807, 2.05) is 6.92 Å². The Balaban J connectivity index is 1.78. The maximum atomic E-state index is 12.6. The Labute approximate surface area is 162 Å². The summed E-state index contributed by atoms with van der Waals surface area (Å²) in [5, 5.41) is 11.3. The predicted octanol–water partition coefficient (Wildman–Crippen LogP) is 3.93. The number of halogens is 1. The van der Waals surface area contributed by atoms with Crippen LogP contribution in [0.25, 0.3) is 0 Å². The van der Waals surface area contributed by atoms with Crippen molar-refractivity contribution >= 4 is 48.1 Å². The molecule has 1 aromatic carbocycles. The first kappa shape index (κ1) is 18.7. The SMILES string of the molecule is CCCc1nnc(NC(=O)c2ccc(S(=O)(=O)c3ccc(Br)cc3)o2)s1. The Morgan fingerprint density at radius 1 is 1.19 bits per heavy atom. The summed E-state index contributed by atoms with van der Waals surface area (Å²) in [6.45, 7) is 2.02. The molecule has 1 amide bonds. The van der Waals surface area contributed by atoms with Gasteiger partial charge in [-0.2, -0.15) is 0 Å². The largest absolute Gasteiger partial charge is 0.439 e. The summed E-state index contributed by atoms with van der Waals surface area (Å²) in [7, 11) is -3.84. The van der Waals surface area contributed by atoms with Gasteiger partial charge in [-0.05, 0) is 42.8 Å². The quantitative estimate of drug-likeness (QED) is 0.603. The zero-order chi connectivity index (χ0) is 18.7. The van der Waals surface area contributed by atoms with Crippen LogP contribution in [0, 0.1) is 0 Å². The van der Waals surface area contributed by atoms with E-state index in [1.165, 1.54) is 35.6 Å². The molecule has 0 fully saturated rings. The number of hydrogen-bond acceptors (Lipinski definition) is 7. The molecule has 3 aromatic rings. The number of aryl methyl sites for hydroxylation is 1. The van der Waals surface area contributed by atoms with Gasteiger partial charge in [0, 0.05) is 10.9 Å². The number of carbonyl (C=O) groups excluding carboxylic acids is 1. The van der Waals surface area contributed by atoms with E-state index in [0.717, 1.165) is 22.3 Å². The Morgan fingerprint density at radius 2 is 1.92 bits per heavy atom. The summed E-state index contributed by atoms with van der Waals surface area (Å²) in [6, 6.07) is 8.72. The van der Waals surface area contributed by atoms with Crippen LogP contribution >= 0.6 is 27.3 Å². The van der Waals surface area contributed by atoms with Crippen LogP contribution in [-0.2, 0) is 16.3 Å². The summed E-state index contributed by atoms with van der Waals surface area (Å²) in [5.41, 5.74) is 0. The lowest BCUT2D eigenvalue weighted by atomic mass is 10.4. The first-order chi connectivity index (χ1) is 12.4. The van der Waals surface area contributed by atoms with E-state index < -0.39 is 15.7 Å². The normalized spacial score (nSPS) is 11.5. The highest BCUT2D eigenvalue weighted by Crippen LogP contribution is 2.25. The van der Waals surface area contributed by atoms with Gasteiger partial charge in [0.15, 0.2) is 5.76 Å². The number of carbonyl (C=O) groups is 1. The van der Waals surface area contributed by atoms with Gasteiger partial charge >= 0.3 is 0 Å². The minimum absolute atomic E-state index is 0.0790. The van der Waals surface area contributed by atoms with Gasteiger partial charge in [-0.3, -0.25) is 10.1 Å². The van der Waals surface area contributed by atoms with Crippen molar-refractivity contribution in [2.75, 3.05) is 5.32 Å². The molecule has 2 heterocycles. The lowest BCUT2D eigenvalue weighted by molar-refractivity contribution is 0.0991. The number of furan rings is 1. The summed E-state index contributed by atoms with van der Waals surface area (Å²) < 4.78 is 31.1. The molecule has 1 N–H and O–H groups in total. The number of aromatic nitrogens is 2. The third kappa shape index (κ3) is 4.02. The molecule has 136 valence electrons. The first-order valence-electron chi connectivity index (χ1n) is 7.64. The van der Waals surface area contributed by atoms with E-state index in [-0.39, 0.29) is 15.7 Å². The van der Waals surface area contributed by atoms with Crippen LogP contribution < -0.4 is 5.32 Å². The lowest BCUT2D eigenvalue weighted by Crippen LogP contribution is -2.10. The molecule has 0 radical (unpaired) electrons. The van der Waals surface area contributed by atoms with Gasteiger partial charge in [0.1, 0.15) is 5.01 Å². The van der Waals surface area contributed by atoms with Crippen molar-refractivity contribution < 1.29 is 17.6 Å². The van der Waals surface area contributed by atoms with Crippen molar-refractivity contribution in [1.29, 1.82) is 0 Å². The number of nitrogens with zero attached hydrogens (tertiary/aromatic N) is 2. The van der Waals surface area contributed by atoms with Crippen molar-refractivity contribution in [1.82, 2.24) is 10.2 Å². The van der Waals surface area contributed by atoms with Crippen LogP contribution in [0.5, 0.6) is 0 Å². The van der Waals surface area contributed by atoms with Crippen LogP contribution in [-0.4, -0.2) is 24.5 Å². The Hall–Kier alpha value is -2.04. The molecule has 0 aliphatic rings. The number of benzene rings is 1. The minimum Gasteiger partial charge on any atom is -0.439 e. The number of anilines is 1. The highest BCUT2D eigenvalue weighted by molar-refractivity contribution is 9.10. The molecule has 0 aliphatic heterocycles. The summed E-state index contributed by atoms with van der Waals surface area (Å²) in [6.07, 6.45) is 1.71.